The summed E-state index contributed by atoms with van der Waals surface area (Å²) in [7, 11) is -10.4. The lowest BCUT2D eigenvalue weighted by molar-refractivity contribution is -0.159. The molecule has 2 saturated heterocycles. The number of benzene rings is 1. The van der Waals surface area contributed by atoms with Crippen LogP contribution < -0.4 is 27.8 Å². The summed E-state index contributed by atoms with van der Waals surface area (Å²) in [6.07, 6.45) is -9.95. The van der Waals surface area contributed by atoms with Crippen LogP contribution in [-0.4, -0.2) is 129 Å². The van der Waals surface area contributed by atoms with Gasteiger partial charge < -0.3 is 65.6 Å². The zero-order valence-electron chi connectivity index (χ0n) is 37.3. The van der Waals surface area contributed by atoms with Gasteiger partial charge in [-0.05, 0) is 50.8 Å². The van der Waals surface area contributed by atoms with Crippen LogP contribution in [0, 0.1) is 0 Å². The number of alkyl carbamates (subject to hydrolysis) is 2. The van der Waals surface area contributed by atoms with Crippen LogP contribution >= 0.6 is 15.6 Å². The first kappa shape index (κ1) is 53.0. The Labute approximate surface area is 395 Å². The Kier molecular flexibility index (Phi) is 17.1. The van der Waals surface area contributed by atoms with E-state index in [-0.39, 0.29) is 60.9 Å². The molecular weight excluding hydrogens is 976 g/mol. The lowest BCUT2D eigenvalue weighted by Crippen LogP contribution is -2.48. The average Bonchev–Trinajstić information content (AvgIpc) is 3.97. The smallest absolute Gasteiger partial charge is 0.455 e. The van der Waals surface area contributed by atoms with Crippen molar-refractivity contribution in [3.05, 3.63) is 75.7 Å². The Morgan fingerprint density at radius 1 is 1.03 bits per heavy atom. The van der Waals surface area contributed by atoms with Crippen LogP contribution in [-0.2, 0) is 57.8 Å². The first-order chi connectivity index (χ1) is 33.0. The van der Waals surface area contributed by atoms with Crippen LogP contribution in [0.4, 0.5) is 26.9 Å². The highest BCUT2D eigenvalue weighted by atomic mass is 31.2. The third kappa shape index (κ3) is 14.4. The van der Waals surface area contributed by atoms with E-state index in [0.717, 1.165) is 10.9 Å². The Morgan fingerprint density at radius 2 is 1.77 bits per heavy atom. The van der Waals surface area contributed by atoms with Crippen LogP contribution in [0.5, 0.6) is 0 Å². The van der Waals surface area contributed by atoms with Gasteiger partial charge in [-0.25, -0.2) is 43.3 Å². The van der Waals surface area contributed by atoms with Crippen molar-refractivity contribution >= 4 is 62.3 Å². The number of ether oxygens (including phenoxy) is 5. The number of phosphoric ester groups is 2. The van der Waals surface area contributed by atoms with E-state index < -0.39 is 107 Å². The van der Waals surface area contributed by atoms with E-state index in [1.807, 2.05) is 0 Å². The number of phosphoric acid groups is 2. The largest absolute Gasteiger partial charge is 0.472 e. The number of aromatic nitrogens is 6. The zero-order valence-corrected chi connectivity index (χ0v) is 39.1. The highest BCUT2D eigenvalue weighted by Gasteiger charge is 2.50. The molecule has 2 amide bonds. The zero-order chi connectivity index (χ0) is 51.0. The maximum Gasteiger partial charge on any atom is 0.472 e. The third-order valence-electron chi connectivity index (χ3n) is 10.1. The molecule has 0 aliphatic carbocycles. The molecule has 2 aliphatic rings. The Morgan fingerprint density at radius 3 is 2.49 bits per heavy atom. The van der Waals surface area contributed by atoms with Crippen molar-refractivity contribution in [2.75, 3.05) is 31.2 Å². The van der Waals surface area contributed by atoms with E-state index >= 15 is 0 Å². The molecule has 1 unspecified atom stereocenters. The number of nitrogens with zero attached hydrogens (tertiary/aromatic N) is 9. The quantitative estimate of drug-likeness (QED) is 0.0119. The van der Waals surface area contributed by atoms with Gasteiger partial charge in [0.2, 0.25) is 0 Å². The molecule has 6 rings (SSSR count). The summed E-state index contributed by atoms with van der Waals surface area (Å²) < 4.78 is 70.8. The molecule has 10 N–H and O–H groups in total. The van der Waals surface area contributed by atoms with Crippen LogP contribution in [0.3, 0.4) is 0 Å². The highest BCUT2D eigenvalue weighted by Crippen LogP contribution is 2.50. The maximum atomic E-state index is 14.1. The van der Waals surface area contributed by atoms with Crippen LogP contribution in [0.2, 0.25) is 0 Å². The first-order valence-electron chi connectivity index (χ1n) is 20.9. The maximum absolute atomic E-state index is 14.1. The summed E-state index contributed by atoms with van der Waals surface area (Å²) in [5.41, 5.74) is 19.3. The van der Waals surface area contributed by atoms with E-state index in [4.69, 9.17) is 49.7 Å². The van der Waals surface area contributed by atoms with Gasteiger partial charge in [0, 0.05) is 29.8 Å². The number of fused-ring (bicyclic) bond motifs is 1. The number of anilines is 2. The van der Waals surface area contributed by atoms with Gasteiger partial charge in [0.05, 0.1) is 19.5 Å². The average molecular weight is 1030 g/mol. The predicted molar refractivity (Wildman–Crippen MR) is 235 cm³/mol. The van der Waals surface area contributed by atoms with Gasteiger partial charge in [0.1, 0.15) is 66.6 Å². The van der Waals surface area contributed by atoms with Crippen LogP contribution in [0.25, 0.3) is 21.6 Å². The molecule has 0 bridgehead atoms. The van der Waals surface area contributed by atoms with E-state index in [9.17, 15) is 48.1 Å². The fourth-order valence-electron chi connectivity index (χ4n) is 6.99. The number of hydrogen-bond acceptors (Lipinski definition) is 22. The van der Waals surface area contributed by atoms with Crippen LogP contribution in [0.15, 0.2) is 59.1 Å². The fraction of sp³-hybridized carbons (Fsp3) is 0.514. The molecule has 3 aromatic heterocycles. The second-order valence-corrected chi connectivity index (χ2v) is 18.9. The molecule has 0 spiro atoms. The van der Waals surface area contributed by atoms with E-state index in [1.54, 1.807) is 39.0 Å². The molecular formula is C37H49N13O18P2. The van der Waals surface area contributed by atoms with Crippen molar-refractivity contribution in [2.24, 2.45) is 5.11 Å². The molecule has 31 nitrogen and oxygen atoms in total. The molecule has 33 heteroatoms. The van der Waals surface area contributed by atoms with Gasteiger partial charge in [-0.1, -0.05) is 29.4 Å². The number of carbonyl (C=O) groups is 3. The number of esters is 1. The standard InChI is InChI=1S/C37H49N13O18P2/c1-37(2,3)67-36(55)45-21(9-6-11-41-35(54)61-14-19-7-4-5-8-20(19)47-48-40)33(52)66-29-24(65-32(28(29)51)50-18-44-27-30(39)42-17-43-31(27)50)16-63-70(59,60)68-22-13-26(49-12-10-25(38)46-34(49)53)64-23(22)15-62-69(56,57)58/h4-5,7-8,10,12,17-18,21-24,26,28-29,32,51H,6,9,11,13-16H2,1-3H3,(H,41,54)(H,45,55)(H,59,60)(H2,38,46,53)(H2,39,42,43)(H2,56,57,58)/t21-,22-,23+,24+,26+,28+,29+,32+/m0/s1. The Balaban J connectivity index is 1.18. The molecule has 0 radical (unpaired) electrons. The molecule has 2 aliphatic heterocycles. The minimum atomic E-state index is -5.30. The molecule has 380 valence electrons. The van der Waals surface area contributed by atoms with Crippen molar-refractivity contribution in [2.45, 2.75) is 101 Å². The first-order valence-corrected chi connectivity index (χ1v) is 23.9. The topological polar surface area (TPSA) is 443 Å². The van der Waals surface area contributed by atoms with Crippen molar-refractivity contribution < 1.29 is 80.6 Å². The number of aliphatic hydroxyl groups excluding tert-OH is 1. The van der Waals surface area contributed by atoms with E-state index in [1.165, 1.54) is 29.2 Å². The number of azide groups is 1. The van der Waals surface area contributed by atoms with Gasteiger partial charge in [-0.2, -0.15) is 4.98 Å². The SMILES string of the molecule is CC(C)(C)OC(=O)N[C@@H](CCCNC(=O)OCc1ccccc1N=[N+]=[N-])C(=O)O[C@H]1[C@@H](O)[C@H](n2cnc3c(N)ncnc32)O[C@@H]1COP(=O)(O)O[C@H]1C[C@H](n2ccc(N)nc2=O)O[C@@H]1COP(=O)(O)O. The number of nitrogens with one attached hydrogen (secondary N) is 2. The number of hydrogen-bond donors (Lipinski definition) is 8. The lowest BCUT2D eigenvalue weighted by Gasteiger charge is -2.26. The van der Waals surface area contributed by atoms with Gasteiger partial charge in [0.15, 0.2) is 23.8 Å². The highest BCUT2D eigenvalue weighted by molar-refractivity contribution is 7.47. The normalized spacial score (nSPS) is 22.6. The van der Waals surface area contributed by atoms with Gasteiger partial charge in [-0.3, -0.25) is 22.7 Å². The van der Waals surface area contributed by atoms with Crippen molar-refractivity contribution in [3.8, 4) is 0 Å². The number of nitrogens with two attached hydrogens (primary N) is 2. The molecule has 2 fully saturated rings. The van der Waals surface area contributed by atoms with Crippen molar-refractivity contribution in [1.82, 2.24) is 39.7 Å². The number of amides is 2. The summed E-state index contributed by atoms with van der Waals surface area (Å²) in [6, 6.07) is 6.16. The minimum Gasteiger partial charge on any atom is -0.455 e. The molecule has 1 aromatic carbocycles. The summed E-state index contributed by atoms with van der Waals surface area (Å²) in [6.45, 7) is 2.54. The second kappa shape index (κ2) is 22.6. The van der Waals surface area contributed by atoms with Crippen molar-refractivity contribution in [1.29, 1.82) is 0 Å². The summed E-state index contributed by atoms with van der Waals surface area (Å²) in [5, 5.41) is 20.2. The Bertz CT molecular complexity index is 2730. The molecule has 5 heterocycles. The Hall–Kier alpha value is -6.33. The molecule has 0 saturated carbocycles. The number of rotatable bonds is 20. The van der Waals surface area contributed by atoms with Gasteiger partial charge in [-0.15, -0.1) is 0 Å². The molecule has 9 atom stereocenters. The number of carbonyl (C=O) groups excluding carboxylic acids is 3. The van der Waals surface area contributed by atoms with Crippen LogP contribution in [0.1, 0.15) is 58.1 Å². The molecule has 4 aromatic rings. The number of aliphatic hydroxyl groups is 1. The summed E-state index contributed by atoms with van der Waals surface area (Å²) in [4.78, 5) is 100. The predicted octanol–water partition coefficient (Wildman–Crippen LogP) is 1.86. The minimum absolute atomic E-state index is 0.0153. The monoisotopic (exact) mass is 1030 g/mol. The fourth-order valence-corrected chi connectivity index (χ4v) is 8.29. The second-order valence-electron chi connectivity index (χ2n) is 16.3. The van der Waals surface area contributed by atoms with Gasteiger partial charge >= 0.3 is 39.5 Å². The molecule has 70 heavy (non-hydrogen) atoms. The summed E-state index contributed by atoms with van der Waals surface area (Å²) in [5.74, 6) is -1.33. The lowest BCUT2D eigenvalue weighted by atomic mass is 10.1. The third-order valence-corrected chi connectivity index (χ3v) is 11.6. The number of nitrogen functional groups attached to an aromatic ring is 2. The van der Waals surface area contributed by atoms with Crippen molar-refractivity contribution in [3.63, 3.8) is 0 Å². The van der Waals surface area contributed by atoms with Gasteiger partial charge in [0.25, 0.3) is 0 Å². The summed E-state index contributed by atoms with van der Waals surface area (Å²) >= 11 is 0. The van der Waals surface area contributed by atoms with E-state index in [2.05, 4.69) is 45.1 Å². The van der Waals surface area contributed by atoms with E-state index in [0.29, 0.717) is 5.56 Å². The number of imidazole rings is 1.